The summed E-state index contributed by atoms with van der Waals surface area (Å²) in [6, 6.07) is 9.59. The summed E-state index contributed by atoms with van der Waals surface area (Å²) in [5.74, 6) is 1.54. The number of phenols is 1. The first-order chi connectivity index (χ1) is 13.8. The second-order valence-electron chi connectivity index (χ2n) is 7.40. The summed E-state index contributed by atoms with van der Waals surface area (Å²) in [4.78, 5) is 17.9. The van der Waals surface area contributed by atoms with E-state index in [2.05, 4.69) is 4.98 Å². The molecular weight excluding hydrogens is 388 g/mol. The summed E-state index contributed by atoms with van der Waals surface area (Å²) in [5, 5.41) is 10.7. The number of phenolic OH excluding ortho intramolecular Hbond substituents is 1. The van der Waals surface area contributed by atoms with Crippen LogP contribution in [0.25, 0.3) is 11.5 Å². The maximum Gasteiger partial charge on any atom is 0.226 e. The fraction of sp³-hybridized carbons (Fsp3) is 0.304. The first kappa shape index (κ1) is 21.1. The first-order valence-electron chi connectivity index (χ1n) is 9.46. The fourth-order valence-corrected chi connectivity index (χ4v) is 3.50. The van der Waals surface area contributed by atoms with E-state index in [1.807, 2.05) is 62.9 Å². The third-order valence-corrected chi connectivity index (χ3v) is 5.38. The molecule has 5 nitrogen and oxygen atoms in total. The Balaban J connectivity index is 1.83. The van der Waals surface area contributed by atoms with E-state index >= 15 is 0 Å². The van der Waals surface area contributed by atoms with E-state index < -0.39 is 0 Å². The van der Waals surface area contributed by atoms with E-state index in [0.717, 1.165) is 39.8 Å². The zero-order valence-corrected chi connectivity index (χ0v) is 17.9. The summed E-state index contributed by atoms with van der Waals surface area (Å²) in [6.45, 7) is 8.88. The topological polar surface area (TPSA) is 66.6 Å². The molecule has 0 aliphatic heterocycles. The number of nitrogens with zero attached hydrogens (tertiary/aromatic N) is 2. The molecule has 1 heterocycles. The van der Waals surface area contributed by atoms with Gasteiger partial charge in [-0.1, -0.05) is 29.8 Å². The Kier molecular flexibility index (Phi) is 6.40. The maximum atomic E-state index is 11.2. The van der Waals surface area contributed by atoms with E-state index in [1.54, 1.807) is 0 Å². The van der Waals surface area contributed by atoms with E-state index in [1.165, 1.54) is 0 Å². The van der Waals surface area contributed by atoms with Crippen LogP contribution in [0.3, 0.4) is 0 Å². The molecule has 0 bridgehead atoms. The molecule has 0 fully saturated rings. The Hall–Kier alpha value is -2.63. The second kappa shape index (κ2) is 8.80. The Morgan fingerprint density at radius 3 is 2.38 bits per heavy atom. The molecule has 0 amide bonds. The van der Waals surface area contributed by atoms with Crippen molar-refractivity contribution in [1.29, 1.82) is 0 Å². The highest BCUT2D eigenvalue weighted by atomic mass is 35.5. The van der Waals surface area contributed by atoms with Crippen LogP contribution in [0.5, 0.6) is 5.75 Å². The van der Waals surface area contributed by atoms with Crippen molar-refractivity contribution in [3.8, 4) is 17.2 Å². The zero-order chi connectivity index (χ0) is 21.1. The number of halogens is 1. The monoisotopic (exact) mass is 412 g/mol. The highest BCUT2D eigenvalue weighted by Crippen LogP contribution is 2.28. The number of rotatable bonds is 7. The highest BCUT2D eigenvalue weighted by Gasteiger charge is 2.16. The summed E-state index contributed by atoms with van der Waals surface area (Å²) in [6.07, 6.45) is 0.885. The highest BCUT2D eigenvalue weighted by molar-refractivity contribution is 6.31. The van der Waals surface area contributed by atoms with Gasteiger partial charge >= 0.3 is 0 Å². The molecule has 1 N–H and O–H groups in total. The number of hydrogen-bond donors (Lipinski definition) is 1. The molecule has 0 atom stereocenters. The Labute approximate surface area is 175 Å². The lowest BCUT2D eigenvalue weighted by atomic mass is 10.1. The molecule has 3 aromatic rings. The molecule has 0 unspecified atom stereocenters. The van der Waals surface area contributed by atoms with E-state index in [0.29, 0.717) is 35.5 Å². The lowest BCUT2D eigenvalue weighted by Crippen LogP contribution is -2.25. The Bertz CT molecular complexity index is 1020. The van der Waals surface area contributed by atoms with Crippen LogP contribution in [-0.2, 0) is 17.9 Å². The van der Waals surface area contributed by atoms with Crippen LogP contribution in [0.1, 0.15) is 33.7 Å². The van der Waals surface area contributed by atoms with Gasteiger partial charge in [-0.25, -0.2) is 4.98 Å². The molecule has 0 radical (unpaired) electrons. The molecule has 0 aliphatic carbocycles. The van der Waals surface area contributed by atoms with Gasteiger partial charge < -0.3 is 14.3 Å². The van der Waals surface area contributed by atoms with Crippen LogP contribution in [0.2, 0.25) is 5.02 Å². The van der Waals surface area contributed by atoms with E-state index in [-0.39, 0.29) is 6.54 Å². The van der Waals surface area contributed by atoms with Gasteiger partial charge in [-0.05, 0) is 62.1 Å². The van der Waals surface area contributed by atoms with Crippen LogP contribution in [0.15, 0.2) is 34.7 Å². The van der Waals surface area contributed by atoms with Crippen molar-refractivity contribution in [1.82, 2.24) is 9.88 Å². The molecule has 1 aromatic heterocycles. The third-order valence-electron chi connectivity index (χ3n) is 4.97. The molecular formula is C23H25ClN2O3. The summed E-state index contributed by atoms with van der Waals surface area (Å²) in [7, 11) is 0. The first-order valence-corrected chi connectivity index (χ1v) is 9.84. The summed E-state index contributed by atoms with van der Waals surface area (Å²) >= 11 is 6.23. The zero-order valence-electron chi connectivity index (χ0n) is 17.1. The number of oxazole rings is 1. The standard InChI is InChI=1S/C23H25ClN2O3/c1-14-5-6-19(11-20(14)24)23-25-21(17(4)29-23)13-26(7-8-27)12-18-9-15(2)22(28)16(3)10-18/h5-6,8-11,28H,7,12-13H2,1-4H3. The minimum atomic E-state index is 0.275. The van der Waals surface area contributed by atoms with Gasteiger partial charge in [0.25, 0.3) is 0 Å². The van der Waals surface area contributed by atoms with Crippen molar-refractivity contribution in [2.45, 2.75) is 40.8 Å². The van der Waals surface area contributed by atoms with E-state index in [4.69, 9.17) is 16.0 Å². The van der Waals surface area contributed by atoms with Crippen LogP contribution in [0, 0.1) is 27.7 Å². The predicted octanol–water partition coefficient (Wildman–Crippen LogP) is 5.14. The number of carbonyl (C=O) groups is 1. The van der Waals surface area contributed by atoms with Gasteiger partial charge in [-0.2, -0.15) is 0 Å². The van der Waals surface area contributed by atoms with Crippen LogP contribution in [0.4, 0.5) is 0 Å². The van der Waals surface area contributed by atoms with Crippen molar-refractivity contribution in [2.75, 3.05) is 6.54 Å². The lowest BCUT2D eigenvalue weighted by molar-refractivity contribution is -0.109. The van der Waals surface area contributed by atoms with Gasteiger partial charge in [0.15, 0.2) is 0 Å². The van der Waals surface area contributed by atoms with E-state index in [9.17, 15) is 9.90 Å². The minimum Gasteiger partial charge on any atom is -0.507 e. The normalized spacial score (nSPS) is 11.2. The second-order valence-corrected chi connectivity index (χ2v) is 7.81. The van der Waals surface area contributed by atoms with Gasteiger partial charge in [0.05, 0.1) is 12.2 Å². The van der Waals surface area contributed by atoms with Crippen molar-refractivity contribution in [3.05, 3.63) is 69.1 Å². The molecule has 6 heteroatoms. The predicted molar refractivity (Wildman–Crippen MR) is 114 cm³/mol. The van der Waals surface area contributed by atoms with Crippen LogP contribution < -0.4 is 0 Å². The minimum absolute atomic E-state index is 0.275. The number of aromatic nitrogens is 1. The molecule has 0 saturated heterocycles. The smallest absolute Gasteiger partial charge is 0.226 e. The SMILES string of the molecule is Cc1ccc(-c2nc(CN(CC=O)Cc3cc(C)c(O)c(C)c3)c(C)o2)cc1Cl. The van der Waals surface area contributed by atoms with Gasteiger partial charge in [0.1, 0.15) is 17.8 Å². The van der Waals surface area contributed by atoms with Crippen molar-refractivity contribution in [3.63, 3.8) is 0 Å². The largest absolute Gasteiger partial charge is 0.507 e. The number of aromatic hydroxyl groups is 1. The number of benzene rings is 2. The average molecular weight is 413 g/mol. The molecule has 0 aliphatic rings. The average Bonchev–Trinajstić information content (AvgIpc) is 3.02. The Morgan fingerprint density at radius 2 is 1.76 bits per heavy atom. The molecule has 0 spiro atoms. The van der Waals surface area contributed by atoms with Crippen molar-refractivity contribution < 1.29 is 14.3 Å². The number of aryl methyl sites for hydroxylation is 4. The quantitative estimate of drug-likeness (QED) is 0.544. The van der Waals surface area contributed by atoms with Crippen molar-refractivity contribution in [2.24, 2.45) is 0 Å². The molecule has 29 heavy (non-hydrogen) atoms. The number of hydrogen-bond acceptors (Lipinski definition) is 5. The fourth-order valence-electron chi connectivity index (χ4n) is 3.32. The van der Waals surface area contributed by atoms with Crippen molar-refractivity contribution >= 4 is 17.9 Å². The number of carbonyl (C=O) groups excluding carboxylic acids is 1. The number of aldehydes is 1. The van der Waals surface area contributed by atoms with Crippen LogP contribution >= 0.6 is 11.6 Å². The van der Waals surface area contributed by atoms with Gasteiger partial charge in [-0.15, -0.1) is 0 Å². The maximum absolute atomic E-state index is 11.2. The van der Waals surface area contributed by atoms with Gasteiger partial charge in [0.2, 0.25) is 5.89 Å². The molecule has 3 rings (SSSR count). The molecule has 2 aromatic carbocycles. The van der Waals surface area contributed by atoms with Gasteiger partial charge in [-0.3, -0.25) is 4.90 Å². The molecule has 0 saturated carbocycles. The summed E-state index contributed by atoms with van der Waals surface area (Å²) in [5.41, 5.74) is 5.28. The lowest BCUT2D eigenvalue weighted by Gasteiger charge is -2.19. The van der Waals surface area contributed by atoms with Gasteiger partial charge in [0, 0.05) is 23.7 Å². The molecule has 152 valence electrons. The Morgan fingerprint density at radius 1 is 1.07 bits per heavy atom. The third kappa shape index (κ3) is 4.86. The summed E-state index contributed by atoms with van der Waals surface area (Å²) < 4.78 is 5.86. The van der Waals surface area contributed by atoms with Crippen LogP contribution in [-0.4, -0.2) is 27.8 Å².